The van der Waals surface area contributed by atoms with Crippen LogP contribution in [0.2, 0.25) is 0 Å². The summed E-state index contributed by atoms with van der Waals surface area (Å²) in [5.41, 5.74) is 0. The fraction of sp³-hybridized carbons (Fsp3) is 0.772. The third-order valence-electron chi connectivity index (χ3n) is 11.5. The molecule has 0 rings (SSSR count). The van der Waals surface area contributed by atoms with Crippen molar-refractivity contribution >= 4 is 17.9 Å². The molecular formula is C57H100O6. The van der Waals surface area contributed by atoms with Crippen LogP contribution in [0.3, 0.4) is 0 Å². The summed E-state index contributed by atoms with van der Waals surface area (Å²) in [6.07, 6.45) is 63.5. The molecule has 6 nitrogen and oxygen atoms in total. The number of hydrogen-bond donors (Lipinski definition) is 0. The zero-order chi connectivity index (χ0) is 45.8. The summed E-state index contributed by atoms with van der Waals surface area (Å²) in [5, 5.41) is 0. The maximum atomic E-state index is 12.8. The van der Waals surface area contributed by atoms with Crippen molar-refractivity contribution in [3.63, 3.8) is 0 Å². The van der Waals surface area contributed by atoms with E-state index >= 15 is 0 Å². The number of hydrogen-bond acceptors (Lipinski definition) is 6. The Balaban J connectivity index is 4.36. The van der Waals surface area contributed by atoms with E-state index in [1.54, 1.807) is 0 Å². The Bertz CT molecular complexity index is 1150. The van der Waals surface area contributed by atoms with Gasteiger partial charge in [-0.3, -0.25) is 14.4 Å². The minimum Gasteiger partial charge on any atom is -0.462 e. The molecule has 364 valence electrons. The topological polar surface area (TPSA) is 78.9 Å². The molecular weight excluding hydrogens is 781 g/mol. The van der Waals surface area contributed by atoms with Crippen LogP contribution in [0.1, 0.15) is 265 Å². The molecule has 0 heterocycles. The summed E-state index contributed by atoms with van der Waals surface area (Å²) in [7, 11) is 0. The van der Waals surface area contributed by atoms with Crippen molar-refractivity contribution in [2.24, 2.45) is 0 Å². The lowest BCUT2D eigenvalue weighted by molar-refractivity contribution is -0.167. The Morgan fingerprint density at radius 1 is 0.349 bits per heavy atom. The number of esters is 3. The van der Waals surface area contributed by atoms with Gasteiger partial charge in [0, 0.05) is 19.3 Å². The molecule has 0 aliphatic rings. The normalized spacial score (nSPS) is 12.5. The van der Waals surface area contributed by atoms with Crippen LogP contribution in [-0.2, 0) is 28.6 Å². The minimum absolute atomic E-state index is 0.0847. The molecule has 1 atom stereocenters. The highest BCUT2D eigenvalue weighted by Crippen LogP contribution is 2.15. The second-order valence-electron chi connectivity index (χ2n) is 17.8. The predicted molar refractivity (Wildman–Crippen MR) is 270 cm³/mol. The number of rotatable bonds is 48. The van der Waals surface area contributed by atoms with Crippen LogP contribution >= 0.6 is 0 Å². The molecule has 0 amide bonds. The highest BCUT2D eigenvalue weighted by Gasteiger charge is 2.19. The summed E-state index contributed by atoms with van der Waals surface area (Å²) in [6, 6.07) is 0. The Kier molecular flexibility index (Phi) is 49.4. The molecule has 0 saturated heterocycles. The summed E-state index contributed by atoms with van der Waals surface area (Å²) in [4.78, 5) is 38.0. The Labute approximate surface area is 390 Å². The lowest BCUT2D eigenvalue weighted by Crippen LogP contribution is -2.30. The Morgan fingerprint density at radius 3 is 1.08 bits per heavy atom. The van der Waals surface area contributed by atoms with Crippen molar-refractivity contribution in [2.45, 2.75) is 271 Å². The molecule has 6 heteroatoms. The van der Waals surface area contributed by atoms with Gasteiger partial charge in [0.1, 0.15) is 13.2 Å². The predicted octanol–water partition coefficient (Wildman–Crippen LogP) is 17.6. The average molecular weight is 881 g/mol. The number of ether oxygens (including phenoxy) is 3. The van der Waals surface area contributed by atoms with Gasteiger partial charge in [0.2, 0.25) is 0 Å². The smallest absolute Gasteiger partial charge is 0.306 e. The van der Waals surface area contributed by atoms with Crippen LogP contribution in [-0.4, -0.2) is 37.2 Å². The van der Waals surface area contributed by atoms with Crippen molar-refractivity contribution < 1.29 is 28.6 Å². The van der Waals surface area contributed by atoms with Crippen LogP contribution in [0.15, 0.2) is 60.8 Å². The first-order valence-corrected chi connectivity index (χ1v) is 26.8. The molecule has 0 spiro atoms. The number of allylic oxidation sites excluding steroid dienone is 10. The lowest BCUT2D eigenvalue weighted by Gasteiger charge is -2.18. The van der Waals surface area contributed by atoms with E-state index < -0.39 is 6.10 Å². The second kappa shape index (κ2) is 51.7. The lowest BCUT2D eigenvalue weighted by atomic mass is 10.1. The van der Waals surface area contributed by atoms with Crippen LogP contribution in [0.5, 0.6) is 0 Å². The average Bonchev–Trinajstić information content (AvgIpc) is 3.28. The number of unbranched alkanes of at least 4 members (excludes halogenated alkanes) is 28. The summed E-state index contributed by atoms with van der Waals surface area (Å²) >= 11 is 0. The van der Waals surface area contributed by atoms with E-state index in [0.717, 1.165) is 89.9 Å². The van der Waals surface area contributed by atoms with Crippen LogP contribution in [0.25, 0.3) is 0 Å². The Hall–Kier alpha value is -2.89. The van der Waals surface area contributed by atoms with Crippen molar-refractivity contribution in [1.82, 2.24) is 0 Å². The highest BCUT2D eigenvalue weighted by atomic mass is 16.6. The van der Waals surface area contributed by atoms with Gasteiger partial charge in [-0.1, -0.05) is 229 Å². The molecule has 1 unspecified atom stereocenters. The van der Waals surface area contributed by atoms with Crippen molar-refractivity contribution in [3.8, 4) is 0 Å². The van der Waals surface area contributed by atoms with Crippen molar-refractivity contribution in [1.29, 1.82) is 0 Å². The van der Waals surface area contributed by atoms with Gasteiger partial charge in [-0.25, -0.2) is 0 Å². The molecule has 0 saturated carbocycles. The molecule has 0 aliphatic heterocycles. The first kappa shape index (κ1) is 60.1. The SMILES string of the molecule is CC/C=C\C/C=C\C/C=C\CCCCCCCCCCCC(=O)OCC(COC(=O)CCCCCCCCCCCC)OC(=O)CCCCC/C=C\C=C/CCCCCCCCC. The highest BCUT2D eigenvalue weighted by molar-refractivity contribution is 5.71. The molecule has 0 fully saturated rings. The van der Waals surface area contributed by atoms with E-state index in [0.29, 0.717) is 19.3 Å². The molecule has 63 heavy (non-hydrogen) atoms. The van der Waals surface area contributed by atoms with E-state index in [9.17, 15) is 14.4 Å². The van der Waals surface area contributed by atoms with E-state index in [1.165, 1.54) is 135 Å². The van der Waals surface area contributed by atoms with Crippen molar-refractivity contribution in [3.05, 3.63) is 60.8 Å². The third-order valence-corrected chi connectivity index (χ3v) is 11.5. The number of carbonyl (C=O) groups excluding carboxylic acids is 3. The van der Waals surface area contributed by atoms with E-state index in [1.807, 2.05) is 0 Å². The van der Waals surface area contributed by atoms with E-state index in [4.69, 9.17) is 14.2 Å². The minimum atomic E-state index is -0.787. The molecule has 0 aromatic heterocycles. The molecule has 0 N–H and O–H groups in total. The van der Waals surface area contributed by atoms with E-state index in [-0.39, 0.29) is 31.1 Å². The van der Waals surface area contributed by atoms with Crippen LogP contribution < -0.4 is 0 Å². The molecule has 0 bridgehead atoms. The number of carbonyl (C=O) groups is 3. The van der Waals surface area contributed by atoms with Gasteiger partial charge >= 0.3 is 17.9 Å². The van der Waals surface area contributed by atoms with Crippen molar-refractivity contribution in [2.75, 3.05) is 13.2 Å². The van der Waals surface area contributed by atoms with Crippen LogP contribution in [0, 0.1) is 0 Å². The maximum Gasteiger partial charge on any atom is 0.306 e. The third kappa shape index (κ3) is 50.0. The van der Waals surface area contributed by atoms with Gasteiger partial charge in [-0.15, -0.1) is 0 Å². The van der Waals surface area contributed by atoms with E-state index in [2.05, 4.69) is 81.5 Å². The quantitative estimate of drug-likeness (QED) is 0.0199. The largest absolute Gasteiger partial charge is 0.462 e. The first-order chi connectivity index (χ1) is 31.0. The van der Waals surface area contributed by atoms with Crippen LogP contribution in [0.4, 0.5) is 0 Å². The molecule has 0 aromatic rings. The van der Waals surface area contributed by atoms with Gasteiger partial charge in [-0.05, 0) is 77.0 Å². The second-order valence-corrected chi connectivity index (χ2v) is 17.8. The zero-order valence-electron chi connectivity index (χ0n) is 41.6. The standard InChI is InChI=1S/C57H100O6/c1-4-7-10-13-16-19-22-24-26-28-29-30-32-33-35-38-41-44-47-50-56(59)62-53-54(52-61-55(58)49-46-43-40-37-21-18-15-12-9-6-3)63-57(60)51-48-45-42-39-36-34-31-27-25-23-20-17-14-11-8-5-2/h7,10,16,19,24,26-27,31,34,36,54H,4-6,8-9,11-15,17-18,20-23,25,28-30,32-33,35,37-53H2,1-3H3/b10-7-,19-16-,26-24-,31-27-,36-34-. The van der Waals surface area contributed by atoms with Gasteiger partial charge in [0.25, 0.3) is 0 Å². The first-order valence-electron chi connectivity index (χ1n) is 26.8. The summed E-state index contributed by atoms with van der Waals surface area (Å²) in [6.45, 7) is 6.50. The zero-order valence-corrected chi connectivity index (χ0v) is 41.6. The summed E-state index contributed by atoms with van der Waals surface area (Å²) in [5.74, 6) is -0.912. The molecule has 0 radical (unpaired) electrons. The molecule has 0 aromatic carbocycles. The monoisotopic (exact) mass is 881 g/mol. The van der Waals surface area contributed by atoms with Gasteiger partial charge in [0.05, 0.1) is 0 Å². The van der Waals surface area contributed by atoms with Gasteiger partial charge in [-0.2, -0.15) is 0 Å². The maximum absolute atomic E-state index is 12.8. The van der Waals surface area contributed by atoms with Gasteiger partial charge in [0.15, 0.2) is 6.10 Å². The van der Waals surface area contributed by atoms with Gasteiger partial charge < -0.3 is 14.2 Å². The Morgan fingerprint density at radius 2 is 0.667 bits per heavy atom. The fourth-order valence-electron chi connectivity index (χ4n) is 7.51. The molecule has 0 aliphatic carbocycles. The summed E-state index contributed by atoms with van der Waals surface area (Å²) < 4.78 is 16.8. The fourth-order valence-corrected chi connectivity index (χ4v) is 7.51.